The van der Waals surface area contributed by atoms with E-state index in [-0.39, 0.29) is 34.5 Å². The number of aromatic nitrogens is 4. The number of aliphatic hydroxyl groups excluding tert-OH is 1. The third-order valence-electron chi connectivity index (χ3n) is 6.13. The molecule has 0 saturated carbocycles. The van der Waals surface area contributed by atoms with E-state index < -0.39 is 78.0 Å². The zero-order valence-corrected chi connectivity index (χ0v) is 30.2. The number of carbonyl (C=O) groups excluding carboxylic acids is 4. The van der Waals surface area contributed by atoms with Crippen molar-refractivity contribution in [3.05, 3.63) is 11.0 Å². The fourth-order valence-corrected chi connectivity index (χ4v) is 4.84. The molecule has 0 bridgehead atoms. The van der Waals surface area contributed by atoms with Crippen LogP contribution < -0.4 is 11.1 Å². The van der Waals surface area contributed by atoms with Gasteiger partial charge in [0.1, 0.15) is 34.0 Å². The number of nitrogens with zero attached hydrogens (tertiary/aromatic N) is 4. The molecule has 2 aromatic heterocycles. The summed E-state index contributed by atoms with van der Waals surface area (Å²) in [5, 5.41) is 12.6. The van der Waals surface area contributed by atoms with E-state index in [4.69, 9.17) is 50.5 Å². The molecule has 1 aliphatic heterocycles. The lowest BCUT2D eigenvalue weighted by molar-refractivity contribution is -0.0866. The number of halogens is 1. The molecule has 0 aromatic carbocycles. The zero-order valence-electron chi connectivity index (χ0n) is 29.4. The minimum Gasteiger partial charge on any atom is -0.444 e. The smallest absolute Gasteiger partial charge is 0.444 e. The van der Waals surface area contributed by atoms with Crippen LogP contribution in [0.1, 0.15) is 88.1 Å². The summed E-state index contributed by atoms with van der Waals surface area (Å²) in [5.74, 6) is -0.256. The van der Waals surface area contributed by atoms with Gasteiger partial charge < -0.3 is 44.0 Å². The minimum absolute atomic E-state index is 0.0493. The van der Waals surface area contributed by atoms with Crippen LogP contribution in [0.5, 0.6) is 0 Å². The molecular weight excluding hydrogens is 672 g/mol. The maximum Gasteiger partial charge on any atom is 0.509 e. The van der Waals surface area contributed by atoms with Crippen LogP contribution in [0.3, 0.4) is 0 Å². The Morgan fingerprint density at radius 2 is 1.37 bits per heavy atom. The Bertz CT molecular complexity index is 1560. The summed E-state index contributed by atoms with van der Waals surface area (Å²) in [6.45, 7) is 17.0. The molecular formula is C30H45ClN6O12. The molecule has 4 atom stereocenters. The highest BCUT2D eigenvalue weighted by Crippen LogP contribution is 2.39. The number of anilines is 1. The topological polar surface area (TPSA) is 235 Å². The number of carbonyl (C=O) groups is 4. The summed E-state index contributed by atoms with van der Waals surface area (Å²) in [7, 11) is 0. The molecule has 0 spiro atoms. The number of fused-ring (bicyclic) bond motifs is 1. The molecule has 0 aliphatic carbocycles. The Morgan fingerprint density at radius 1 is 0.837 bits per heavy atom. The Balaban J connectivity index is 2.27. The zero-order chi connectivity index (χ0) is 37.3. The largest absolute Gasteiger partial charge is 0.509 e. The first kappa shape index (κ1) is 39.3. The van der Waals surface area contributed by atoms with E-state index in [1.807, 2.05) is 0 Å². The normalized spacial score (nSPS) is 20.0. The molecule has 3 heterocycles. The number of imidazole rings is 1. The maximum absolute atomic E-state index is 13.1. The second-order valence-corrected chi connectivity index (χ2v) is 15.1. The van der Waals surface area contributed by atoms with E-state index in [0.29, 0.717) is 0 Å². The standard InChI is InChI=1S/C30H45ClN6O12/c1-27(2,3)47-24(40)36-23-34-16-14(12-30(10,11)46-22(32)39)33-21(31)35-19(16)37(23)20-18(45-26(42)49-29(7,8)9)17(15(13-38)43-20)44-25(41)48-28(4,5)6/h15,17-18,20,38H,12-13H2,1-11H3,(H2,32,39)(H,34,36,40)/t15-,17-,18-,20-/m1/s1. The van der Waals surface area contributed by atoms with Gasteiger partial charge >= 0.3 is 24.5 Å². The average molecular weight is 717 g/mol. The Labute approximate surface area is 288 Å². The van der Waals surface area contributed by atoms with Crippen LogP contribution in [-0.4, -0.2) is 96.4 Å². The van der Waals surface area contributed by atoms with Gasteiger partial charge in [0.2, 0.25) is 11.2 Å². The first-order chi connectivity index (χ1) is 22.3. The molecule has 0 unspecified atom stereocenters. The monoisotopic (exact) mass is 716 g/mol. The van der Waals surface area contributed by atoms with Crippen LogP contribution in [0.2, 0.25) is 5.28 Å². The van der Waals surface area contributed by atoms with Crippen molar-refractivity contribution in [3.8, 4) is 0 Å². The summed E-state index contributed by atoms with van der Waals surface area (Å²) in [6.07, 6.45) is -10.2. The molecule has 19 heteroatoms. The number of aliphatic hydroxyl groups is 1. The summed E-state index contributed by atoms with van der Waals surface area (Å²) in [6, 6.07) is 0. The lowest BCUT2D eigenvalue weighted by Crippen LogP contribution is -2.42. The van der Waals surface area contributed by atoms with Crippen molar-refractivity contribution < 1.29 is 57.4 Å². The summed E-state index contributed by atoms with van der Waals surface area (Å²) in [5.41, 5.74) is 1.31. The second-order valence-electron chi connectivity index (χ2n) is 14.7. The highest BCUT2D eigenvalue weighted by atomic mass is 35.5. The quantitative estimate of drug-likeness (QED) is 0.189. The van der Waals surface area contributed by atoms with Gasteiger partial charge in [0.25, 0.3) is 0 Å². The predicted molar refractivity (Wildman–Crippen MR) is 172 cm³/mol. The van der Waals surface area contributed by atoms with E-state index in [1.165, 1.54) is 4.57 Å². The van der Waals surface area contributed by atoms with Crippen molar-refractivity contribution in [2.45, 2.75) is 130 Å². The number of nitrogens with one attached hydrogen (secondary N) is 1. The number of hydrogen-bond donors (Lipinski definition) is 3. The molecule has 2 amide bonds. The van der Waals surface area contributed by atoms with Crippen molar-refractivity contribution in [1.29, 1.82) is 0 Å². The van der Waals surface area contributed by atoms with E-state index in [1.54, 1.807) is 76.2 Å². The van der Waals surface area contributed by atoms with Gasteiger partial charge in [-0.05, 0) is 87.8 Å². The molecule has 49 heavy (non-hydrogen) atoms. The molecule has 1 fully saturated rings. The van der Waals surface area contributed by atoms with Gasteiger partial charge in [-0.2, -0.15) is 4.98 Å². The minimum atomic E-state index is -1.57. The molecule has 1 saturated heterocycles. The van der Waals surface area contributed by atoms with E-state index in [2.05, 4.69) is 20.3 Å². The highest BCUT2D eigenvalue weighted by Gasteiger charge is 2.53. The van der Waals surface area contributed by atoms with Gasteiger partial charge in [0.15, 0.2) is 24.1 Å². The highest BCUT2D eigenvalue weighted by molar-refractivity contribution is 6.28. The summed E-state index contributed by atoms with van der Waals surface area (Å²) in [4.78, 5) is 63.7. The third kappa shape index (κ3) is 11.2. The number of amides is 2. The molecule has 2 aromatic rings. The van der Waals surface area contributed by atoms with Crippen LogP contribution in [0.4, 0.5) is 25.1 Å². The van der Waals surface area contributed by atoms with Crippen molar-refractivity contribution in [1.82, 2.24) is 19.5 Å². The number of primary amides is 1. The molecule has 1 aliphatic rings. The fourth-order valence-electron chi connectivity index (χ4n) is 4.66. The number of nitrogens with two attached hydrogens (primary N) is 1. The van der Waals surface area contributed by atoms with Gasteiger partial charge in [-0.15, -0.1) is 0 Å². The second kappa shape index (κ2) is 14.4. The van der Waals surface area contributed by atoms with Crippen molar-refractivity contribution in [2.24, 2.45) is 5.73 Å². The van der Waals surface area contributed by atoms with Gasteiger partial charge in [-0.1, -0.05) is 0 Å². The maximum atomic E-state index is 13.1. The molecule has 0 radical (unpaired) electrons. The first-order valence-corrected chi connectivity index (χ1v) is 15.6. The van der Waals surface area contributed by atoms with Gasteiger partial charge in [-0.3, -0.25) is 9.88 Å². The van der Waals surface area contributed by atoms with E-state index in [0.717, 1.165) is 0 Å². The number of hydrogen-bond acceptors (Lipinski definition) is 15. The Morgan fingerprint density at radius 3 is 1.86 bits per heavy atom. The van der Waals surface area contributed by atoms with Crippen molar-refractivity contribution in [2.75, 3.05) is 11.9 Å². The summed E-state index contributed by atoms with van der Waals surface area (Å²) < 4.78 is 39.9. The van der Waals surface area contributed by atoms with Crippen LogP contribution in [0.25, 0.3) is 11.2 Å². The first-order valence-electron chi connectivity index (χ1n) is 15.3. The Hall–Kier alpha value is -4.16. The predicted octanol–water partition coefficient (Wildman–Crippen LogP) is 4.77. The molecule has 274 valence electrons. The third-order valence-corrected chi connectivity index (χ3v) is 6.30. The number of rotatable bonds is 8. The summed E-state index contributed by atoms with van der Waals surface area (Å²) >= 11 is 6.37. The average Bonchev–Trinajstić information content (AvgIpc) is 3.36. The Kier molecular flexibility index (Phi) is 11.5. The van der Waals surface area contributed by atoms with Crippen LogP contribution in [0, 0.1) is 0 Å². The van der Waals surface area contributed by atoms with E-state index >= 15 is 0 Å². The van der Waals surface area contributed by atoms with Crippen molar-refractivity contribution >= 4 is 53.2 Å². The van der Waals surface area contributed by atoms with Gasteiger partial charge in [0, 0.05) is 6.42 Å². The lowest BCUT2D eigenvalue weighted by Gasteiger charge is -2.28. The van der Waals surface area contributed by atoms with Gasteiger partial charge in [-0.25, -0.2) is 29.1 Å². The fraction of sp³-hybridized carbons (Fsp3) is 0.700. The number of ether oxygens (including phenoxy) is 7. The molecule has 3 rings (SSSR count). The van der Waals surface area contributed by atoms with Crippen LogP contribution in [0.15, 0.2) is 0 Å². The van der Waals surface area contributed by atoms with E-state index in [9.17, 15) is 24.3 Å². The SMILES string of the molecule is CC(C)(C)OC(=O)Nc1nc2c(CC(C)(C)OC(N)=O)nc(Cl)nc2n1[C@@H]1O[C@H](CO)[C@@H](OC(=O)OC(C)(C)C)[C@H]1OC(=O)OC(C)(C)C. The lowest BCUT2D eigenvalue weighted by atomic mass is 10.0. The molecule has 18 nitrogen and oxygen atoms in total. The van der Waals surface area contributed by atoms with Crippen LogP contribution >= 0.6 is 11.6 Å². The van der Waals surface area contributed by atoms with Crippen LogP contribution in [-0.2, 0) is 39.6 Å². The van der Waals surface area contributed by atoms with Crippen molar-refractivity contribution in [3.63, 3.8) is 0 Å². The van der Waals surface area contributed by atoms with Gasteiger partial charge in [0.05, 0.1) is 12.3 Å². The molecule has 4 N–H and O–H groups in total.